The number of aromatic hydroxyl groups is 2. The van der Waals surface area contributed by atoms with E-state index in [4.69, 9.17) is 0 Å². The van der Waals surface area contributed by atoms with Gasteiger partial charge in [-0.05, 0) is 31.2 Å². The molecule has 0 aliphatic rings. The molecule has 2 rings (SSSR count). The Morgan fingerprint density at radius 3 is 2.55 bits per heavy atom. The highest BCUT2D eigenvalue weighted by Gasteiger charge is 2.11. The van der Waals surface area contributed by atoms with Crippen molar-refractivity contribution in [3.8, 4) is 11.5 Å². The van der Waals surface area contributed by atoms with Gasteiger partial charge in [0.2, 0.25) is 0 Å². The predicted octanol–water partition coefficient (Wildman–Crippen LogP) is 1.10. The Labute approximate surface area is 116 Å². The smallest absolute Gasteiger partial charge is 0.498 e. The van der Waals surface area contributed by atoms with E-state index in [9.17, 15) is 15.0 Å². The van der Waals surface area contributed by atoms with Crippen LogP contribution in [0, 0.1) is 6.92 Å². The van der Waals surface area contributed by atoms with E-state index in [0.29, 0.717) is 5.56 Å². The molecule has 0 saturated carbocycles. The Morgan fingerprint density at radius 1 is 1.20 bits per heavy atom. The first-order chi connectivity index (χ1) is 9.40. The van der Waals surface area contributed by atoms with Crippen LogP contribution < -0.4 is 10.3 Å². The molecule has 0 bridgehead atoms. The van der Waals surface area contributed by atoms with Gasteiger partial charge in [0.1, 0.15) is 22.9 Å². The lowest BCUT2D eigenvalue weighted by molar-refractivity contribution is -0.692. The Bertz CT molecular complexity index is 746. The van der Waals surface area contributed by atoms with Crippen LogP contribution in [0.2, 0.25) is 0 Å². The van der Waals surface area contributed by atoms with E-state index >= 15 is 0 Å². The molecular weight excluding hydrogens is 256 g/mol. The third-order valence-electron chi connectivity index (χ3n) is 3.29. The summed E-state index contributed by atoms with van der Waals surface area (Å²) in [5, 5.41) is 18.9. The zero-order valence-corrected chi connectivity index (χ0v) is 11.7. The fourth-order valence-electron chi connectivity index (χ4n) is 1.90. The van der Waals surface area contributed by atoms with Crippen LogP contribution >= 0.6 is 0 Å². The molecule has 0 fully saturated rings. The number of phenols is 2. The second-order valence-electron chi connectivity index (χ2n) is 4.69. The number of hydrogen-bond acceptors (Lipinski definition) is 3. The lowest BCUT2D eigenvalue weighted by Gasteiger charge is -2.02. The Morgan fingerprint density at radius 2 is 1.90 bits per heavy atom. The quantitative estimate of drug-likeness (QED) is 0.805. The molecule has 1 aromatic heterocycles. The van der Waals surface area contributed by atoms with E-state index in [0.717, 1.165) is 11.4 Å². The normalized spacial score (nSPS) is 11.2. The molecule has 0 unspecified atom stereocenters. The molecule has 0 aliphatic heterocycles. The number of hydrogen-bond donors (Lipinski definition) is 2. The van der Waals surface area contributed by atoms with Gasteiger partial charge in [0.25, 0.3) is 0 Å². The van der Waals surface area contributed by atoms with Crippen LogP contribution in [-0.4, -0.2) is 14.8 Å². The van der Waals surface area contributed by atoms with E-state index in [1.54, 1.807) is 36.9 Å². The van der Waals surface area contributed by atoms with Crippen molar-refractivity contribution in [1.82, 2.24) is 4.57 Å². The fraction of sp³-hybridized carbons (Fsp3) is 0.200. The second kappa shape index (κ2) is 5.21. The summed E-state index contributed by atoms with van der Waals surface area (Å²) in [6.07, 6.45) is 3.45. The first kappa shape index (κ1) is 13.9. The summed E-state index contributed by atoms with van der Waals surface area (Å²) in [6, 6.07) is 6.26. The molecule has 0 aliphatic carbocycles. The molecule has 1 heterocycles. The zero-order valence-electron chi connectivity index (χ0n) is 11.7. The Balaban J connectivity index is 2.44. The molecule has 0 saturated heterocycles. The highest BCUT2D eigenvalue weighted by atomic mass is 16.3. The monoisotopic (exact) mass is 273 g/mol. The van der Waals surface area contributed by atoms with Crippen molar-refractivity contribution in [3.05, 3.63) is 51.7 Å². The number of benzene rings is 1. The van der Waals surface area contributed by atoms with Gasteiger partial charge in [-0.2, -0.15) is 13.9 Å². The molecule has 104 valence electrons. The minimum Gasteiger partial charge on any atom is -0.508 e. The van der Waals surface area contributed by atoms with Gasteiger partial charge < -0.3 is 10.2 Å². The molecular formula is C15H17N2O3+. The van der Waals surface area contributed by atoms with E-state index in [1.165, 1.54) is 16.7 Å². The highest BCUT2D eigenvalue weighted by molar-refractivity contribution is 5.70. The number of phenolic OH excluding ortho intramolecular Hbond substituents is 2. The van der Waals surface area contributed by atoms with Gasteiger partial charge >= 0.3 is 5.69 Å². The number of nitrogens with zero attached hydrogens (tertiary/aromatic N) is 2. The molecule has 1 aromatic carbocycles. The third-order valence-corrected chi connectivity index (χ3v) is 3.29. The molecule has 2 N–H and O–H groups in total. The minimum absolute atomic E-state index is 0.00892. The van der Waals surface area contributed by atoms with Gasteiger partial charge in [0, 0.05) is 17.7 Å². The molecule has 5 nitrogen and oxygen atoms in total. The zero-order chi connectivity index (χ0) is 14.9. The lowest BCUT2D eigenvalue weighted by Crippen LogP contribution is -2.53. The van der Waals surface area contributed by atoms with Gasteiger partial charge in [-0.15, -0.1) is 0 Å². The average Bonchev–Trinajstić information content (AvgIpc) is 2.40. The predicted molar refractivity (Wildman–Crippen MR) is 76.3 cm³/mol. The SMILES string of the molecule is Cc1cc(/C=C/c2ccc(O)cc2O)[n+](C)c(=O)n1C. The largest absolute Gasteiger partial charge is 0.508 e. The maximum atomic E-state index is 11.9. The molecule has 0 spiro atoms. The summed E-state index contributed by atoms with van der Waals surface area (Å²) in [7, 11) is 3.41. The van der Waals surface area contributed by atoms with Crippen molar-refractivity contribution in [2.45, 2.75) is 6.92 Å². The summed E-state index contributed by atoms with van der Waals surface area (Å²) in [4.78, 5) is 11.9. The standard InChI is InChI=1S/C15H16N2O3/c1-10-8-12(17(3)15(20)16(10)2)6-4-11-5-7-13(18)9-14(11)19/h4-9H,1-3H3,(H,18,19)/p+1. The summed E-state index contributed by atoms with van der Waals surface area (Å²) >= 11 is 0. The Kier molecular flexibility index (Phi) is 3.61. The number of aryl methyl sites for hydroxylation is 1. The molecule has 2 aromatic rings. The average molecular weight is 273 g/mol. The van der Waals surface area contributed by atoms with Gasteiger partial charge in [-0.3, -0.25) is 0 Å². The number of aromatic nitrogens is 2. The van der Waals surface area contributed by atoms with Crippen LogP contribution in [0.5, 0.6) is 11.5 Å². The van der Waals surface area contributed by atoms with Crippen molar-refractivity contribution in [2.24, 2.45) is 14.1 Å². The van der Waals surface area contributed by atoms with Crippen molar-refractivity contribution in [3.63, 3.8) is 0 Å². The third kappa shape index (κ3) is 2.56. The van der Waals surface area contributed by atoms with Crippen LogP contribution in [0.25, 0.3) is 12.2 Å². The first-order valence-electron chi connectivity index (χ1n) is 6.17. The number of rotatable bonds is 2. The van der Waals surface area contributed by atoms with Crippen molar-refractivity contribution >= 4 is 12.2 Å². The van der Waals surface area contributed by atoms with Crippen molar-refractivity contribution < 1.29 is 14.8 Å². The molecule has 5 heteroatoms. The lowest BCUT2D eigenvalue weighted by atomic mass is 10.1. The topological polar surface area (TPSA) is 66.3 Å². The minimum atomic E-state index is -0.112. The fourth-order valence-corrected chi connectivity index (χ4v) is 1.90. The summed E-state index contributed by atoms with van der Waals surface area (Å²) in [6.45, 7) is 1.86. The molecule has 20 heavy (non-hydrogen) atoms. The maximum absolute atomic E-state index is 11.9. The van der Waals surface area contributed by atoms with Gasteiger partial charge in [-0.25, -0.2) is 0 Å². The van der Waals surface area contributed by atoms with Crippen molar-refractivity contribution in [1.29, 1.82) is 0 Å². The van der Waals surface area contributed by atoms with Crippen LogP contribution in [0.4, 0.5) is 0 Å². The van der Waals surface area contributed by atoms with E-state index in [-0.39, 0.29) is 17.2 Å². The highest BCUT2D eigenvalue weighted by Crippen LogP contribution is 2.24. The Hall–Kier alpha value is -2.56. The van der Waals surface area contributed by atoms with E-state index in [1.807, 2.05) is 13.0 Å². The summed E-state index contributed by atoms with van der Waals surface area (Å²) in [5.74, 6) is -0.000844. The van der Waals surface area contributed by atoms with E-state index in [2.05, 4.69) is 0 Å². The maximum Gasteiger partial charge on any atom is 0.498 e. The van der Waals surface area contributed by atoms with Crippen LogP contribution in [0.15, 0.2) is 29.1 Å². The van der Waals surface area contributed by atoms with Gasteiger partial charge in [0.05, 0.1) is 14.1 Å². The molecule has 0 radical (unpaired) electrons. The summed E-state index contributed by atoms with van der Waals surface area (Å²) < 4.78 is 3.09. The van der Waals surface area contributed by atoms with E-state index < -0.39 is 0 Å². The van der Waals surface area contributed by atoms with Crippen LogP contribution in [-0.2, 0) is 14.1 Å². The second-order valence-corrected chi connectivity index (χ2v) is 4.69. The first-order valence-corrected chi connectivity index (χ1v) is 6.17. The molecule has 0 atom stereocenters. The van der Waals surface area contributed by atoms with Gasteiger partial charge in [0.15, 0.2) is 0 Å². The summed E-state index contributed by atoms with van der Waals surface area (Å²) in [5.41, 5.74) is 2.04. The van der Waals surface area contributed by atoms with Crippen LogP contribution in [0.3, 0.4) is 0 Å². The van der Waals surface area contributed by atoms with Gasteiger partial charge in [-0.1, -0.05) is 0 Å². The van der Waals surface area contributed by atoms with Crippen molar-refractivity contribution in [2.75, 3.05) is 0 Å². The molecule has 0 amide bonds. The van der Waals surface area contributed by atoms with Crippen LogP contribution in [0.1, 0.15) is 17.0 Å².